The molecular weight excluding hydrogens is 316 g/mol. The highest BCUT2D eigenvalue weighted by molar-refractivity contribution is 9.10. The Balaban J connectivity index is 1.88. The van der Waals surface area contributed by atoms with Crippen molar-refractivity contribution in [3.8, 4) is 0 Å². The first kappa shape index (κ1) is 12.9. The number of carbonyl (C=O) groups is 1. The summed E-state index contributed by atoms with van der Waals surface area (Å²) < 4.78 is 0.984. The van der Waals surface area contributed by atoms with Crippen molar-refractivity contribution in [3.05, 3.63) is 64.3 Å². The van der Waals surface area contributed by atoms with Gasteiger partial charge in [-0.05, 0) is 42.8 Å². The van der Waals surface area contributed by atoms with Gasteiger partial charge in [-0.1, -0.05) is 34.1 Å². The van der Waals surface area contributed by atoms with Crippen LogP contribution in [-0.4, -0.2) is 10.9 Å². The summed E-state index contributed by atoms with van der Waals surface area (Å²) in [5.41, 5.74) is 3.41. The molecule has 0 atom stereocenters. The van der Waals surface area contributed by atoms with E-state index >= 15 is 0 Å². The number of amides is 1. The van der Waals surface area contributed by atoms with Crippen LogP contribution in [0.4, 0.5) is 5.69 Å². The van der Waals surface area contributed by atoms with Gasteiger partial charge in [-0.3, -0.25) is 4.79 Å². The highest BCUT2D eigenvalue weighted by Crippen LogP contribution is 2.21. The number of hydrogen-bond acceptors (Lipinski definition) is 1. The molecule has 0 bridgehead atoms. The molecule has 3 aromatic rings. The molecule has 100 valence electrons. The molecule has 0 unspecified atom stereocenters. The van der Waals surface area contributed by atoms with Crippen LogP contribution in [0, 0.1) is 6.92 Å². The van der Waals surface area contributed by atoms with Gasteiger partial charge in [-0.2, -0.15) is 0 Å². The summed E-state index contributed by atoms with van der Waals surface area (Å²) in [7, 11) is 0. The van der Waals surface area contributed by atoms with Crippen LogP contribution in [0.25, 0.3) is 10.9 Å². The molecule has 4 heteroatoms. The van der Waals surface area contributed by atoms with Gasteiger partial charge >= 0.3 is 0 Å². The summed E-state index contributed by atoms with van der Waals surface area (Å²) in [5, 5.41) is 3.91. The van der Waals surface area contributed by atoms with Crippen LogP contribution in [0.2, 0.25) is 0 Å². The second kappa shape index (κ2) is 5.13. The van der Waals surface area contributed by atoms with E-state index in [0.29, 0.717) is 5.69 Å². The van der Waals surface area contributed by atoms with Crippen LogP contribution in [0.1, 0.15) is 16.1 Å². The number of aromatic amines is 1. The standard InChI is InChI=1S/C16H13BrN2O/c1-10-3-2-4-13(7-10)18-16(20)15-8-11-5-6-12(17)9-14(11)19-15/h2-9,19H,1H3,(H,18,20). The van der Waals surface area contributed by atoms with E-state index in [0.717, 1.165) is 26.6 Å². The van der Waals surface area contributed by atoms with Gasteiger partial charge < -0.3 is 10.3 Å². The lowest BCUT2D eigenvalue weighted by Gasteiger charge is -2.04. The number of rotatable bonds is 2. The Morgan fingerprint density at radius 2 is 2.00 bits per heavy atom. The summed E-state index contributed by atoms with van der Waals surface area (Å²) >= 11 is 3.42. The predicted octanol–water partition coefficient (Wildman–Crippen LogP) is 4.49. The van der Waals surface area contributed by atoms with Gasteiger partial charge in [0, 0.05) is 21.1 Å². The molecule has 0 saturated heterocycles. The summed E-state index contributed by atoms with van der Waals surface area (Å²) in [5.74, 6) is -0.136. The number of aryl methyl sites for hydroxylation is 1. The quantitative estimate of drug-likeness (QED) is 0.715. The third-order valence-corrected chi connectivity index (χ3v) is 3.60. The zero-order valence-corrected chi connectivity index (χ0v) is 12.5. The van der Waals surface area contributed by atoms with Gasteiger partial charge in [0.05, 0.1) is 0 Å². The van der Waals surface area contributed by atoms with E-state index in [9.17, 15) is 4.79 Å². The van der Waals surface area contributed by atoms with Crippen LogP contribution < -0.4 is 5.32 Å². The van der Waals surface area contributed by atoms with Gasteiger partial charge in [0.15, 0.2) is 0 Å². The summed E-state index contributed by atoms with van der Waals surface area (Å²) in [6.07, 6.45) is 0. The number of aromatic nitrogens is 1. The average molecular weight is 329 g/mol. The van der Waals surface area contributed by atoms with Crippen molar-refractivity contribution >= 4 is 38.4 Å². The molecule has 0 radical (unpaired) electrons. The van der Waals surface area contributed by atoms with Crippen LogP contribution >= 0.6 is 15.9 Å². The molecule has 1 amide bonds. The molecule has 1 heterocycles. The Morgan fingerprint density at radius 1 is 1.15 bits per heavy atom. The number of H-pyrrole nitrogens is 1. The van der Waals surface area contributed by atoms with Crippen molar-refractivity contribution < 1.29 is 4.79 Å². The minimum absolute atomic E-state index is 0.136. The molecule has 20 heavy (non-hydrogen) atoms. The summed E-state index contributed by atoms with van der Waals surface area (Å²) in [6.45, 7) is 2.00. The van der Waals surface area contributed by atoms with E-state index in [-0.39, 0.29) is 5.91 Å². The van der Waals surface area contributed by atoms with Crippen molar-refractivity contribution in [2.75, 3.05) is 5.32 Å². The Kier molecular flexibility index (Phi) is 3.32. The topological polar surface area (TPSA) is 44.9 Å². The Bertz CT molecular complexity index is 792. The Hall–Kier alpha value is -2.07. The number of benzene rings is 2. The fourth-order valence-electron chi connectivity index (χ4n) is 2.14. The number of nitrogens with one attached hydrogen (secondary N) is 2. The lowest BCUT2D eigenvalue weighted by Crippen LogP contribution is -2.12. The maximum absolute atomic E-state index is 12.2. The molecule has 0 aliphatic heterocycles. The zero-order chi connectivity index (χ0) is 14.1. The highest BCUT2D eigenvalue weighted by atomic mass is 79.9. The van der Waals surface area contributed by atoms with Gasteiger partial charge in [0.25, 0.3) is 5.91 Å². The van der Waals surface area contributed by atoms with E-state index < -0.39 is 0 Å². The fourth-order valence-corrected chi connectivity index (χ4v) is 2.50. The van der Waals surface area contributed by atoms with Gasteiger partial charge in [-0.15, -0.1) is 0 Å². The lowest BCUT2D eigenvalue weighted by atomic mass is 10.2. The molecular formula is C16H13BrN2O. The maximum Gasteiger partial charge on any atom is 0.272 e. The van der Waals surface area contributed by atoms with Crippen molar-refractivity contribution in [2.24, 2.45) is 0 Å². The first-order chi connectivity index (χ1) is 9.61. The molecule has 0 aliphatic carbocycles. The zero-order valence-electron chi connectivity index (χ0n) is 10.9. The summed E-state index contributed by atoms with van der Waals surface area (Å²) in [6, 6.07) is 15.5. The first-order valence-electron chi connectivity index (χ1n) is 6.28. The average Bonchev–Trinajstić information content (AvgIpc) is 2.81. The van der Waals surface area contributed by atoms with Crippen LogP contribution in [0.5, 0.6) is 0 Å². The normalized spacial score (nSPS) is 10.7. The van der Waals surface area contributed by atoms with Crippen molar-refractivity contribution in [1.82, 2.24) is 4.98 Å². The smallest absolute Gasteiger partial charge is 0.272 e. The second-order valence-electron chi connectivity index (χ2n) is 4.74. The first-order valence-corrected chi connectivity index (χ1v) is 7.07. The van der Waals surface area contributed by atoms with Gasteiger partial charge in [-0.25, -0.2) is 0 Å². The summed E-state index contributed by atoms with van der Waals surface area (Å²) in [4.78, 5) is 15.4. The number of carbonyl (C=O) groups excluding carboxylic acids is 1. The minimum atomic E-state index is -0.136. The molecule has 0 aliphatic rings. The Labute approximate surface area is 125 Å². The SMILES string of the molecule is Cc1cccc(NC(=O)c2cc3ccc(Br)cc3[nH]2)c1. The van der Waals surface area contributed by atoms with Crippen molar-refractivity contribution in [2.45, 2.75) is 6.92 Å². The number of fused-ring (bicyclic) bond motifs is 1. The molecule has 2 aromatic carbocycles. The largest absolute Gasteiger partial charge is 0.350 e. The second-order valence-corrected chi connectivity index (χ2v) is 5.65. The van der Waals surface area contributed by atoms with E-state index in [4.69, 9.17) is 0 Å². The maximum atomic E-state index is 12.2. The van der Waals surface area contributed by atoms with E-state index in [2.05, 4.69) is 26.2 Å². The minimum Gasteiger partial charge on any atom is -0.350 e. The Morgan fingerprint density at radius 3 is 2.80 bits per heavy atom. The highest BCUT2D eigenvalue weighted by Gasteiger charge is 2.10. The van der Waals surface area contributed by atoms with Crippen molar-refractivity contribution in [1.29, 1.82) is 0 Å². The molecule has 3 nitrogen and oxygen atoms in total. The molecule has 1 aromatic heterocycles. The number of anilines is 1. The van der Waals surface area contributed by atoms with Crippen LogP contribution in [0.15, 0.2) is 53.0 Å². The number of halogens is 1. The third kappa shape index (κ3) is 2.60. The molecule has 0 fully saturated rings. The van der Waals surface area contributed by atoms with Crippen LogP contribution in [0.3, 0.4) is 0 Å². The fraction of sp³-hybridized carbons (Fsp3) is 0.0625. The van der Waals surface area contributed by atoms with Crippen LogP contribution in [-0.2, 0) is 0 Å². The third-order valence-electron chi connectivity index (χ3n) is 3.11. The van der Waals surface area contributed by atoms with Gasteiger partial charge in [0.1, 0.15) is 5.69 Å². The molecule has 0 saturated carbocycles. The van der Waals surface area contributed by atoms with Gasteiger partial charge in [0.2, 0.25) is 0 Å². The lowest BCUT2D eigenvalue weighted by molar-refractivity contribution is 0.102. The number of hydrogen-bond donors (Lipinski definition) is 2. The molecule has 3 rings (SSSR count). The monoisotopic (exact) mass is 328 g/mol. The molecule has 2 N–H and O–H groups in total. The predicted molar refractivity (Wildman–Crippen MR) is 85.1 cm³/mol. The molecule has 0 spiro atoms. The van der Waals surface area contributed by atoms with Crippen molar-refractivity contribution in [3.63, 3.8) is 0 Å². The van der Waals surface area contributed by atoms with E-state index in [1.54, 1.807) is 0 Å². The van der Waals surface area contributed by atoms with E-state index in [1.807, 2.05) is 55.5 Å². The van der Waals surface area contributed by atoms with E-state index in [1.165, 1.54) is 0 Å².